The van der Waals surface area contributed by atoms with Gasteiger partial charge in [-0.3, -0.25) is 14.3 Å². The highest BCUT2D eigenvalue weighted by Gasteiger charge is 2.32. The van der Waals surface area contributed by atoms with E-state index in [9.17, 15) is 9.59 Å². The van der Waals surface area contributed by atoms with Crippen molar-refractivity contribution in [1.29, 1.82) is 0 Å². The third kappa shape index (κ3) is 3.67. The van der Waals surface area contributed by atoms with Crippen molar-refractivity contribution >= 4 is 31.9 Å². The Bertz CT molecular complexity index is 555. The highest BCUT2D eigenvalue weighted by Crippen LogP contribution is 2.23. The molecule has 0 heterocycles. The Kier molecular flexibility index (Phi) is 5.06. The van der Waals surface area contributed by atoms with E-state index in [1.807, 2.05) is 35.0 Å². The molecule has 1 aromatic rings. The van der Waals surface area contributed by atoms with Gasteiger partial charge in [0.2, 0.25) is 0 Å². The molecule has 1 fully saturated rings. The van der Waals surface area contributed by atoms with Gasteiger partial charge in [0.1, 0.15) is 17.5 Å². The number of Topliss-reactive ketones (excluding diaryl/α,β-unsaturated/α-hetero) is 2. The summed E-state index contributed by atoms with van der Waals surface area (Å²) < 4.78 is 2.03. The number of para-hydroxylation sites is 1. The quantitative estimate of drug-likeness (QED) is 0.488. The van der Waals surface area contributed by atoms with E-state index >= 15 is 0 Å². The lowest BCUT2D eigenvalue weighted by atomic mass is 9.84. The summed E-state index contributed by atoms with van der Waals surface area (Å²) in [6, 6.07) is 9.97. The van der Waals surface area contributed by atoms with Crippen LogP contribution >= 0.6 is 0 Å². The predicted octanol–water partition coefficient (Wildman–Crippen LogP) is 2.79. The third-order valence-corrected chi connectivity index (χ3v) is 5.06. The summed E-state index contributed by atoms with van der Waals surface area (Å²) in [5.41, 5.74) is 1.77. The van der Waals surface area contributed by atoms with E-state index in [0.29, 0.717) is 6.42 Å². The van der Waals surface area contributed by atoms with Crippen molar-refractivity contribution in [1.82, 2.24) is 0 Å². The van der Waals surface area contributed by atoms with Crippen LogP contribution in [-0.4, -0.2) is 26.2 Å². The largest absolute Gasteiger partial charge is 0.299 e. The zero-order valence-corrected chi connectivity index (χ0v) is 14.0. The number of rotatable bonds is 4. The van der Waals surface area contributed by atoms with Gasteiger partial charge in [-0.05, 0) is 31.9 Å². The average molecular weight is 302 g/mol. The minimum Gasteiger partial charge on any atom is -0.299 e. The van der Waals surface area contributed by atoms with Gasteiger partial charge < -0.3 is 0 Å². The number of anilines is 1. The van der Waals surface area contributed by atoms with E-state index in [1.165, 1.54) is 6.92 Å². The summed E-state index contributed by atoms with van der Waals surface area (Å²) in [6.45, 7) is 5.86. The Morgan fingerprint density at radius 3 is 2.48 bits per heavy atom. The standard InChI is InChI=1S/C16H22N2O2Si/c1-12(19)16-14(10-7-11-15(16)20)17-18(21(2)3)13-8-5-4-6-9-13/h4-6,8-9,16,21H,7,10-11H2,1-3H3. The number of nitrogens with zero attached hydrogens (tertiary/aromatic N) is 2. The molecule has 0 amide bonds. The SMILES string of the molecule is CC(=O)C1C(=O)CCCC1=NN(c1ccccc1)[SiH](C)C. The number of hydrogen-bond donors (Lipinski definition) is 0. The summed E-state index contributed by atoms with van der Waals surface area (Å²) in [6.07, 6.45) is 2.03. The second-order valence-corrected chi connectivity index (χ2v) is 8.41. The minimum atomic E-state index is -1.24. The summed E-state index contributed by atoms with van der Waals surface area (Å²) in [5, 5.41) is 4.73. The summed E-state index contributed by atoms with van der Waals surface area (Å²) in [7, 11) is -1.24. The first-order chi connectivity index (χ1) is 10.0. The fourth-order valence-corrected chi connectivity index (χ4v) is 3.83. The number of hydrogen-bond acceptors (Lipinski definition) is 4. The molecular weight excluding hydrogens is 280 g/mol. The molecule has 4 nitrogen and oxygen atoms in total. The van der Waals surface area contributed by atoms with Gasteiger partial charge in [0.15, 0.2) is 8.96 Å². The lowest BCUT2D eigenvalue weighted by molar-refractivity contribution is -0.129. The van der Waals surface area contributed by atoms with Gasteiger partial charge >= 0.3 is 0 Å². The summed E-state index contributed by atoms with van der Waals surface area (Å²) in [5.74, 6) is -0.694. The van der Waals surface area contributed by atoms with Crippen molar-refractivity contribution in [3.63, 3.8) is 0 Å². The Hall–Kier alpha value is -1.75. The molecule has 21 heavy (non-hydrogen) atoms. The highest BCUT2D eigenvalue weighted by molar-refractivity contribution is 6.60. The van der Waals surface area contributed by atoms with E-state index < -0.39 is 14.9 Å². The predicted molar refractivity (Wildman–Crippen MR) is 88.3 cm³/mol. The molecule has 0 saturated heterocycles. The number of ketones is 2. The van der Waals surface area contributed by atoms with Crippen LogP contribution in [0.1, 0.15) is 26.2 Å². The molecule has 1 unspecified atom stereocenters. The van der Waals surface area contributed by atoms with Crippen molar-refractivity contribution in [2.75, 3.05) is 4.67 Å². The molecule has 5 heteroatoms. The fraction of sp³-hybridized carbons (Fsp3) is 0.438. The van der Waals surface area contributed by atoms with E-state index in [0.717, 1.165) is 24.2 Å². The molecule has 0 aliphatic heterocycles. The van der Waals surface area contributed by atoms with Crippen molar-refractivity contribution in [2.45, 2.75) is 39.3 Å². The van der Waals surface area contributed by atoms with E-state index in [4.69, 9.17) is 5.10 Å². The molecule has 1 atom stereocenters. The average Bonchev–Trinajstić information content (AvgIpc) is 2.45. The van der Waals surface area contributed by atoms with Gasteiger partial charge in [-0.1, -0.05) is 31.3 Å². The van der Waals surface area contributed by atoms with Crippen molar-refractivity contribution in [2.24, 2.45) is 11.0 Å². The molecular formula is C16H22N2O2Si. The van der Waals surface area contributed by atoms with Gasteiger partial charge in [0.05, 0.1) is 5.71 Å². The van der Waals surface area contributed by atoms with Crippen LogP contribution in [0.2, 0.25) is 13.1 Å². The van der Waals surface area contributed by atoms with Crippen molar-refractivity contribution in [3.8, 4) is 0 Å². The van der Waals surface area contributed by atoms with Crippen LogP contribution in [0.5, 0.6) is 0 Å². The van der Waals surface area contributed by atoms with Crippen LogP contribution < -0.4 is 4.67 Å². The van der Waals surface area contributed by atoms with Crippen LogP contribution in [-0.2, 0) is 9.59 Å². The lowest BCUT2D eigenvalue weighted by Crippen LogP contribution is -2.38. The molecule has 1 aliphatic rings. The number of carbonyl (C=O) groups excluding carboxylic acids is 2. The van der Waals surface area contributed by atoms with Crippen LogP contribution in [0.25, 0.3) is 0 Å². The third-order valence-electron chi connectivity index (χ3n) is 3.66. The topological polar surface area (TPSA) is 49.7 Å². The van der Waals surface area contributed by atoms with Gasteiger partial charge in [-0.15, -0.1) is 0 Å². The molecule has 0 N–H and O–H groups in total. The molecule has 1 aliphatic carbocycles. The van der Waals surface area contributed by atoms with E-state index in [-0.39, 0.29) is 11.6 Å². The minimum absolute atomic E-state index is 0.0194. The highest BCUT2D eigenvalue weighted by atomic mass is 28.3. The Morgan fingerprint density at radius 1 is 1.24 bits per heavy atom. The normalized spacial score (nSPS) is 20.9. The molecule has 0 bridgehead atoms. The first kappa shape index (κ1) is 15.6. The molecule has 112 valence electrons. The second kappa shape index (κ2) is 6.80. The molecule has 1 aromatic carbocycles. The Morgan fingerprint density at radius 2 is 1.90 bits per heavy atom. The second-order valence-electron chi connectivity index (χ2n) is 5.73. The molecule has 2 rings (SSSR count). The van der Waals surface area contributed by atoms with Crippen LogP contribution in [0.3, 0.4) is 0 Å². The van der Waals surface area contributed by atoms with E-state index in [1.54, 1.807) is 0 Å². The van der Waals surface area contributed by atoms with Gasteiger partial charge in [-0.2, -0.15) is 5.10 Å². The molecule has 0 aromatic heterocycles. The number of benzene rings is 1. The first-order valence-electron chi connectivity index (χ1n) is 7.45. The number of carbonyl (C=O) groups is 2. The molecule has 0 spiro atoms. The zero-order valence-electron chi connectivity index (χ0n) is 12.9. The van der Waals surface area contributed by atoms with Crippen LogP contribution in [0.4, 0.5) is 5.69 Å². The van der Waals surface area contributed by atoms with Crippen molar-refractivity contribution < 1.29 is 9.59 Å². The zero-order chi connectivity index (χ0) is 15.4. The smallest absolute Gasteiger partial charge is 0.164 e. The van der Waals surface area contributed by atoms with Crippen molar-refractivity contribution in [3.05, 3.63) is 30.3 Å². The van der Waals surface area contributed by atoms with Gasteiger partial charge in [0, 0.05) is 12.1 Å². The van der Waals surface area contributed by atoms with Gasteiger partial charge in [-0.25, -0.2) is 0 Å². The summed E-state index contributed by atoms with van der Waals surface area (Å²) >= 11 is 0. The monoisotopic (exact) mass is 302 g/mol. The molecule has 0 radical (unpaired) electrons. The fourth-order valence-electron chi connectivity index (χ4n) is 2.68. The van der Waals surface area contributed by atoms with Crippen LogP contribution in [0, 0.1) is 5.92 Å². The maximum Gasteiger partial charge on any atom is 0.164 e. The number of hydrazone groups is 1. The maximum atomic E-state index is 12.0. The maximum absolute atomic E-state index is 12.0. The van der Waals surface area contributed by atoms with E-state index in [2.05, 4.69) is 13.1 Å². The van der Waals surface area contributed by atoms with Crippen LogP contribution in [0.15, 0.2) is 35.4 Å². The lowest BCUT2D eigenvalue weighted by Gasteiger charge is -2.28. The van der Waals surface area contributed by atoms with Gasteiger partial charge in [0.25, 0.3) is 0 Å². The Labute approximate surface area is 127 Å². The first-order valence-corrected chi connectivity index (χ1v) is 10.3. The Balaban J connectivity index is 2.37. The molecule has 1 saturated carbocycles. The summed E-state index contributed by atoms with van der Waals surface area (Å²) in [4.78, 5) is 23.8.